The number of thioether (sulfide) groups is 1. The molecule has 1 heterocycles. The third-order valence-electron chi connectivity index (χ3n) is 3.64. The highest BCUT2D eigenvalue weighted by Crippen LogP contribution is 2.29. The van der Waals surface area contributed by atoms with Crippen molar-refractivity contribution in [3.8, 4) is 5.75 Å². The summed E-state index contributed by atoms with van der Waals surface area (Å²) in [7, 11) is 0. The first-order valence-corrected chi connectivity index (χ1v) is 10.1. The summed E-state index contributed by atoms with van der Waals surface area (Å²) in [6.45, 7) is 3.22. The van der Waals surface area contributed by atoms with Crippen molar-refractivity contribution in [2.24, 2.45) is 0 Å². The van der Waals surface area contributed by atoms with Crippen molar-refractivity contribution in [3.05, 3.63) is 65.7 Å². The molecule has 0 aliphatic rings. The number of hydrogen-bond acceptors (Lipinski definition) is 6. The third kappa shape index (κ3) is 5.49. The lowest BCUT2D eigenvalue weighted by Gasteiger charge is -2.24. The molecule has 0 unspecified atom stereocenters. The topological polar surface area (TPSA) is 64.1 Å². The maximum absolute atomic E-state index is 13.0. The second kappa shape index (κ2) is 8.66. The fraction of sp³-hybridized carbons (Fsp3) is 0.211. The van der Waals surface area contributed by atoms with Gasteiger partial charge in [-0.25, -0.2) is 8.78 Å². The number of anilines is 1. The van der Waals surface area contributed by atoms with Gasteiger partial charge in [0.25, 0.3) is 5.91 Å². The molecule has 1 N–H and O–H groups in total. The zero-order chi connectivity index (χ0) is 20.1. The number of benzene rings is 2. The molecule has 0 aliphatic carbocycles. The number of aromatic nitrogens is 2. The predicted molar refractivity (Wildman–Crippen MR) is 106 cm³/mol. The van der Waals surface area contributed by atoms with Gasteiger partial charge in [0.1, 0.15) is 17.4 Å². The first kappa shape index (κ1) is 20.2. The molecule has 3 aromatic rings. The molecule has 146 valence electrons. The summed E-state index contributed by atoms with van der Waals surface area (Å²) < 4.78 is 32.3. The Morgan fingerprint density at radius 3 is 2.32 bits per heavy atom. The van der Waals surface area contributed by atoms with Crippen molar-refractivity contribution in [2.75, 3.05) is 5.32 Å². The average molecular weight is 421 g/mol. The minimum Gasteiger partial charge on any atom is -0.478 e. The lowest BCUT2D eigenvalue weighted by molar-refractivity contribution is -0.128. The Labute approximate surface area is 169 Å². The molecular formula is C19H17F2N3O2S2. The molecule has 1 amide bonds. The maximum atomic E-state index is 13.0. The van der Waals surface area contributed by atoms with Crippen LogP contribution in [0.25, 0.3) is 0 Å². The Morgan fingerprint density at radius 1 is 1.07 bits per heavy atom. The van der Waals surface area contributed by atoms with Gasteiger partial charge < -0.3 is 4.74 Å². The molecule has 0 saturated heterocycles. The summed E-state index contributed by atoms with van der Waals surface area (Å²) in [6.07, 6.45) is 0. The third-order valence-corrected chi connectivity index (χ3v) is 5.68. The molecule has 0 saturated carbocycles. The second-order valence-electron chi connectivity index (χ2n) is 6.31. The molecule has 9 heteroatoms. The largest absolute Gasteiger partial charge is 0.478 e. The van der Waals surface area contributed by atoms with Gasteiger partial charge in [0.2, 0.25) is 5.13 Å². The summed E-state index contributed by atoms with van der Waals surface area (Å²) in [5.41, 5.74) is -0.230. The number of halogens is 2. The highest BCUT2D eigenvalue weighted by atomic mass is 32.2. The summed E-state index contributed by atoms with van der Waals surface area (Å²) in [5.74, 6) is -0.0612. The molecule has 0 aliphatic heterocycles. The van der Waals surface area contributed by atoms with Crippen molar-refractivity contribution in [2.45, 2.75) is 29.5 Å². The number of hydrogen-bond donors (Lipinski definition) is 1. The molecule has 0 bridgehead atoms. The molecule has 5 nitrogen and oxygen atoms in total. The van der Waals surface area contributed by atoms with Crippen molar-refractivity contribution in [1.29, 1.82) is 0 Å². The van der Waals surface area contributed by atoms with Gasteiger partial charge in [-0.05, 0) is 55.8 Å². The van der Waals surface area contributed by atoms with E-state index in [4.69, 9.17) is 4.74 Å². The van der Waals surface area contributed by atoms with Gasteiger partial charge in [-0.15, -0.1) is 10.2 Å². The van der Waals surface area contributed by atoms with Crippen LogP contribution in [0, 0.1) is 11.6 Å². The number of carbonyl (C=O) groups is 1. The minimum absolute atomic E-state index is 0.278. The molecule has 0 radical (unpaired) electrons. The van der Waals surface area contributed by atoms with Crippen LogP contribution >= 0.6 is 23.1 Å². The van der Waals surface area contributed by atoms with E-state index in [1.165, 1.54) is 59.5 Å². The fourth-order valence-corrected chi connectivity index (χ4v) is 3.84. The lowest BCUT2D eigenvalue weighted by atomic mass is 10.1. The molecule has 3 rings (SSSR count). The van der Waals surface area contributed by atoms with Gasteiger partial charge >= 0.3 is 0 Å². The number of rotatable bonds is 7. The highest BCUT2D eigenvalue weighted by molar-refractivity contribution is 8.00. The molecule has 2 aromatic carbocycles. The highest BCUT2D eigenvalue weighted by Gasteiger charge is 2.31. The fourth-order valence-electron chi connectivity index (χ4n) is 2.14. The minimum atomic E-state index is -1.19. The quantitative estimate of drug-likeness (QED) is 0.434. The van der Waals surface area contributed by atoms with E-state index in [9.17, 15) is 13.6 Å². The number of amides is 1. The van der Waals surface area contributed by atoms with Crippen LogP contribution in [0.1, 0.15) is 19.4 Å². The van der Waals surface area contributed by atoms with Crippen LogP contribution in [0.4, 0.5) is 13.9 Å². The van der Waals surface area contributed by atoms with Crippen molar-refractivity contribution >= 4 is 34.1 Å². The Hall–Kier alpha value is -2.52. The second-order valence-corrected chi connectivity index (χ2v) is 8.51. The van der Waals surface area contributed by atoms with E-state index in [1.807, 2.05) is 0 Å². The first-order chi connectivity index (χ1) is 13.3. The smallest absolute Gasteiger partial charge is 0.269 e. The number of nitrogens with one attached hydrogen (secondary N) is 1. The van der Waals surface area contributed by atoms with Gasteiger partial charge in [0.15, 0.2) is 9.94 Å². The average Bonchev–Trinajstić information content (AvgIpc) is 3.10. The molecule has 0 fully saturated rings. The molecule has 0 atom stereocenters. The van der Waals surface area contributed by atoms with Crippen LogP contribution in [0.2, 0.25) is 0 Å². The van der Waals surface area contributed by atoms with Crippen LogP contribution in [0.15, 0.2) is 52.9 Å². The zero-order valence-electron chi connectivity index (χ0n) is 15.1. The van der Waals surface area contributed by atoms with Crippen molar-refractivity contribution in [3.63, 3.8) is 0 Å². The van der Waals surface area contributed by atoms with E-state index in [-0.39, 0.29) is 11.6 Å². The van der Waals surface area contributed by atoms with Crippen LogP contribution in [0.5, 0.6) is 5.75 Å². The van der Waals surface area contributed by atoms with Gasteiger partial charge in [-0.3, -0.25) is 10.1 Å². The molecule has 28 heavy (non-hydrogen) atoms. The standard InChI is InChI=1S/C19H17F2N3O2S2/c1-19(2,26-15-9-7-14(21)8-10-15)16(25)22-17-23-24-18(28-17)27-11-12-3-5-13(20)6-4-12/h3-10H,11H2,1-2H3,(H,22,23,25). The Bertz CT molecular complexity index is 945. The monoisotopic (exact) mass is 421 g/mol. The summed E-state index contributed by atoms with van der Waals surface area (Å²) >= 11 is 2.68. The number of ether oxygens (including phenoxy) is 1. The van der Waals surface area contributed by atoms with Gasteiger partial charge in [-0.1, -0.05) is 35.2 Å². The Balaban J connectivity index is 1.56. The predicted octanol–water partition coefficient (Wildman–Crippen LogP) is 4.90. The van der Waals surface area contributed by atoms with Gasteiger partial charge in [0.05, 0.1) is 0 Å². The van der Waals surface area contributed by atoms with Crippen LogP contribution < -0.4 is 10.1 Å². The summed E-state index contributed by atoms with van der Waals surface area (Å²) in [6, 6.07) is 11.7. The lowest BCUT2D eigenvalue weighted by Crippen LogP contribution is -2.42. The first-order valence-electron chi connectivity index (χ1n) is 8.28. The number of nitrogens with zero attached hydrogens (tertiary/aromatic N) is 2. The number of carbonyl (C=O) groups excluding carboxylic acids is 1. The van der Waals surface area contributed by atoms with Crippen molar-refractivity contribution in [1.82, 2.24) is 10.2 Å². The maximum Gasteiger partial charge on any atom is 0.269 e. The van der Waals surface area contributed by atoms with E-state index in [1.54, 1.807) is 26.0 Å². The Kier molecular flexibility index (Phi) is 6.25. The van der Waals surface area contributed by atoms with Crippen molar-refractivity contribution < 1.29 is 18.3 Å². The van der Waals surface area contributed by atoms with E-state index >= 15 is 0 Å². The normalized spacial score (nSPS) is 11.3. The zero-order valence-corrected chi connectivity index (χ0v) is 16.7. The molecule has 0 spiro atoms. The van der Waals surface area contributed by atoms with Crippen LogP contribution in [-0.4, -0.2) is 21.7 Å². The molecule has 1 aromatic heterocycles. The van der Waals surface area contributed by atoms with Gasteiger partial charge in [0, 0.05) is 5.75 Å². The van der Waals surface area contributed by atoms with Gasteiger partial charge in [-0.2, -0.15) is 0 Å². The Morgan fingerprint density at radius 2 is 1.68 bits per heavy atom. The van der Waals surface area contributed by atoms with E-state index < -0.39 is 11.5 Å². The SMILES string of the molecule is CC(C)(Oc1ccc(F)cc1)C(=O)Nc1nnc(SCc2ccc(F)cc2)s1. The van der Waals surface area contributed by atoms with Crippen LogP contribution in [0.3, 0.4) is 0 Å². The summed E-state index contributed by atoms with van der Waals surface area (Å²) in [4.78, 5) is 12.5. The van der Waals surface area contributed by atoms with E-state index in [2.05, 4.69) is 15.5 Å². The molecular weight excluding hydrogens is 404 g/mol. The van der Waals surface area contributed by atoms with Crippen LogP contribution in [-0.2, 0) is 10.5 Å². The van der Waals surface area contributed by atoms with E-state index in [0.717, 1.165) is 5.56 Å². The van der Waals surface area contributed by atoms with E-state index in [0.29, 0.717) is 21.0 Å². The summed E-state index contributed by atoms with van der Waals surface area (Å²) in [5, 5.41) is 11.0.